The number of benzene rings is 1. The molecule has 0 heterocycles. The van der Waals surface area contributed by atoms with E-state index in [0.29, 0.717) is 6.42 Å². The van der Waals surface area contributed by atoms with E-state index < -0.39 is 0 Å². The molecule has 0 radical (unpaired) electrons. The lowest BCUT2D eigenvalue weighted by molar-refractivity contribution is 1.42. The van der Waals surface area contributed by atoms with E-state index in [-0.39, 0.29) is 0 Å². The normalized spacial score (nSPS) is 10.4. The van der Waals surface area contributed by atoms with Crippen molar-refractivity contribution in [2.24, 2.45) is 4.99 Å². The van der Waals surface area contributed by atoms with Crippen LogP contribution >= 0.6 is 0 Å². The highest BCUT2D eigenvalue weighted by Gasteiger charge is 1.85. The molecule has 0 unspecified atom stereocenters. The highest BCUT2D eigenvalue weighted by Crippen LogP contribution is 2.11. The van der Waals surface area contributed by atoms with Gasteiger partial charge >= 0.3 is 0 Å². The molecule has 2 nitrogen and oxygen atoms in total. The van der Waals surface area contributed by atoms with Crippen molar-refractivity contribution in [1.82, 2.24) is 0 Å². The number of aliphatic imine (C=N–C) groups is 1. The van der Waals surface area contributed by atoms with Gasteiger partial charge in [0.05, 0.1) is 5.69 Å². The van der Waals surface area contributed by atoms with E-state index >= 15 is 0 Å². The van der Waals surface area contributed by atoms with Crippen molar-refractivity contribution in [2.75, 3.05) is 0 Å². The highest BCUT2D eigenvalue weighted by molar-refractivity contribution is 5.79. The van der Waals surface area contributed by atoms with Gasteiger partial charge in [0.15, 0.2) is 0 Å². The molecule has 0 fully saturated rings. The van der Waals surface area contributed by atoms with Crippen LogP contribution in [0.25, 0.3) is 0 Å². The van der Waals surface area contributed by atoms with Crippen LogP contribution < -0.4 is 0 Å². The van der Waals surface area contributed by atoms with Crippen molar-refractivity contribution in [3.63, 3.8) is 0 Å². The van der Waals surface area contributed by atoms with Gasteiger partial charge in [0, 0.05) is 18.9 Å². The van der Waals surface area contributed by atoms with Crippen molar-refractivity contribution in [2.45, 2.75) is 13.3 Å². The van der Waals surface area contributed by atoms with Gasteiger partial charge in [-0.2, -0.15) is 0 Å². The van der Waals surface area contributed by atoms with Crippen molar-refractivity contribution >= 4 is 18.1 Å². The van der Waals surface area contributed by atoms with Crippen LogP contribution in [0.3, 0.4) is 0 Å². The molecule has 0 aliphatic rings. The monoisotopic (exact) mass is 160 g/mol. The average molecular weight is 160 g/mol. The topological polar surface area (TPSA) is 36.2 Å². The Balaban J connectivity index is 2.64. The molecular formula is C10H12N2. The molecule has 0 saturated heterocycles. The van der Waals surface area contributed by atoms with E-state index in [1.165, 1.54) is 11.8 Å². The third-order valence-electron chi connectivity index (χ3n) is 1.50. The van der Waals surface area contributed by atoms with Crippen LogP contribution in [0.5, 0.6) is 0 Å². The molecule has 0 aliphatic heterocycles. The van der Waals surface area contributed by atoms with Gasteiger partial charge in [-0.1, -0.05) is 17.7 Å². The first kappa shape index (κ1) is 8.65. The molecular weight excluding hydrogens is 148 g/mol. The van der Waals surface area contributed by atoms with Gasteiger partial charge in [0.2, 0.25) is 0 Å². The molecule has 0 saturated carbocycles. The molecule has 1 aromatic rings. The molecule has 62 valence electrons. The SMILES string of the molecule is Cc1ccc(N=CCC=N)cc1. The van der Waals surface area contributed by atoms with Crippen LogP contribution in [0.1, 0.15) is 12.0 Å². The van der Waals surface area contributed by atoms with Crippen molar-refractivity contribution in [1.29, 1.82) is 5.41 Å². The first-order valence-electron chi connectivity index (χ1n) is 3.91. The van der Waals surface area contributed by atoms with Crippen LogP contribution in [0.4, 0.5) is 5.69 Å². The number of aryl methyl sites for hydroxylation is 1. The second-order valence-electron chi connectivity index (χ2n) is 2.59. The van der Waals surface area contributed by atoms with E-state index in [4.69, 9.17) is 5.41 Å². The van der Waals surface area contributed by atoms with Crippen molar-refractivity contribution in [3.8, 4) is 0 Å². The Morgan fingerprint density at radius 3 is 2.58 bits per heavy atom. The zero-order valence-electron chi connectivity index (χ0n) is 7.12. The summed E-state index contributed by atoms with van der Waals surface area (Å²) in [5.41, 5.74) is 2.18. The molecule has 0 aliphatic carbocycles. The first-order chi connectivity index (χ1) is 5.83. The summed E-state index contributed by atoms with van der Waals surface area (Å²) in [6.07, 6.45) is 3.67. The lowest BCUT2D eigenvalue weighted by Crippen LogP contribution is -1.74. The second kappa shape index (κ2) is 4.44. The zero-order chi connectivity index (χ0) is 8.81. The Hall–Kier alpha value is -1.44. The van der Waals surface area contributed by atoms with E-state index in [1.54, 1.807) is 6.21 Å². The van der Waals surface area contributed by atoms with Gasteiger partial charge in [0.1, 0.15) is 0 Å². The number of hydrogen-bond donors (Lipinski definition) is 1. The Morgan fingerprint density at radius 1 is 1.33 bits per heavy atom. The standard InChI is InChI=1S/C10H12N2/c1-9-3-5-10(6-4-9)12-8-2-7-11/h3-8,11H,2H2,1H3. The average Bonchev–Trinajstić information content (AvgIpc) is 2.09. The van der Waals surface area contributed by atoms with E-state index in [0.717, 1.165) is 5.69 Å². The third kappa shape index (κ3) is 2.66. The fraction of sp³-hybridized carbons (Fsp3) is 0.200. The fourth-order valence-electron chi connectivity index (χ4n) is 0.842. The molecule has 2 heteroatoms. The van der Waals surface area contributed by atoms with Gasteiger partial charge in [-0.3, -0.25) is 4.99 Å². The Labute approximate surface area is 72.5 Å². The van der Waals surface area contributed by atoms with Crippen LogP contribution in [0, 0.1) is 12.3 Å². The minimum Gasteiger partial charge on any atom is -0.313 e. The van der Waals surface area contributed by atoms with Crippen LogP contribution in [0.15, 0.2) is 29.3 Å². The van der Waals surface area contributed by atoms with Gasteiger partial charge in [-0.15, -0.1) is 0 Å². The molecule has 0 atom stereocenters. The third-order valence-corrected chi connectivity index (χ3v) is 1.50. The second-order valence-corrected chi connectivity index (χ2v) is 2.59. The lowest BCUT2D eigenvalue weighted by atomic mass is 10.2. The Morgan fingerprint density at radius 2 is 2.00 bits per heavy atom. The smallest absolute Gasteiger partial charge is 0.0626 e. The van der Waals surface area contributed by atoms with Gasteiger partial charge in [-0.25, -0.2) is 0 Å². The molecule has 1 aromatic carbocycles. The summed E-state index contributed by atoms with van der Waals surface area (Å²) in [5.74, 6) is 0. The molecule has 0 aromatic heterocycles. The summed E-state index contributed by atoms with van der Waals surface area (Å²) < 4.78 is 0. The Kier molecular flexibility index (Phi) is 3.20. The van der Waals surface area contributed by atoms with E-state index in [2.05, 4.69) is 4.99 Å². The van der Waals surface area contributed by atoms with Crippen LogP contribution in [-0.4, -0.2) is 12.4 Å². The van der Waals surface area contributed by atoms with Gasteiger partial charge < -0.3 is 5.41 Å². The van der Waals surface area contributed by atoms with Crippen LogP contribution in [-0.2, 0) is 0 Å². The summed E-state index contributed by atoms with van der Waals surface area (Å²) in [6.45, 7) is 2.05. The Bertz CT molecular complexity index is 272. The predicted molar refractivity (Wildman–Crippen MR) is 52.7 cm³/mol. The molecule has 0 bridgehead atoms. The first-order valence-corrected chi connectivity index (χ1v) is 3.91. The minimum absolute atomic E-state index is 0.605. The van der Waals surface area contributed by atoms with Crippen molar-refractivity contribution in [3.05, 3.63) is 29.8 Å². The maximum atomic E-state index is 6.79. The van der Waals surface area contributed by atoms with E-state index in [1.807, 2.05) is 31.2 Å². The number of rotatable bonds is 3. The number of nitrogens with zero attached hydrogens (tertiary/aromatic N) is 1. The largest absolute Gasteiger partial charge is 0.313 e. The summed E-state index contributed by atoms with van der Waals surface area (Å²) in [4.78, 5) is 4.16. The number of nitrogens with one attached hydrogen (secondary N) is 1. The maximum Gasteiger partial charge on any atom is 0.0626 e. The molecule has 12 heavy (non-hydrogen) atoms. The minimum atomic E-state index is 0.605. The van der Waals surface area contributed by atoms with Gasteiger partial charge in [-0.05, 0) is 19.1 Å². The van der Waals surface area contributed by atoms with Gasteiger partial charge in [0.25, 0.3) is 0 Å². The summed E-state index contributed by atoms with van der Waals surface area (Å²) in [5, 5.41) is 6.79. The van der Waals surface area contributed by atoms with Crippen molar-refractivity contribution < 1.29 is 0 Å². The van der Waals surface area contributed by atoms with Crippen LogP contribution in [0.2, 0.25) is 0 Å². The summed E-state index contributed by atoms with van der Waals surface area (Å²) >= 11 is 0. The summed E-state index contributed by atoms with van der Waals surface area (Å²) in [6, 6.07) is 7.99. The zero-order valence-corrected chi connectivity index (χ0v) is 7.12. The molecule has 1 rings (SSSR count). The molecule has 0 amide bonds. The fourth-order valence-corrected chi connectivity index (χ4v) is 0.842. The lowest BCUT2D eigenvalue weighted by Gasteiger charge is -1.92. The van der Waals surface area contributed by atoms with E-state index in [9.17, 15) is 0 Å². The molecule has 1 N–H and O–H groups in total. The molecule has 0 spiro atoms. The highest BCUT2D eigenvalue weighted by atomic mass is 14.7. The predicted octanol–water partition coefficient (Wildman–Crippen LogP) is 2.74. The quantitative estimate of drug-likeness (QED) is 0.660. The maximum absolute atomic E-state index is 6.79. The number of hydrogen-bond acceptors (Lipinski definition) is 2. The summed E-state index contributed by atoms with van der Waals surface area (Å²) in [7, 11) is 0.